The van der Waals surface area contributed by atoms with Crippen molar-refractivity contribution in [1.82, 2.24) is 4.98 Å². The van der Waals surface area contributed by atoms with Gasteiger partial charge in [-0.05, 0) is 11.6 Å². The first kappa shape index (κ1) is 11.8. The molecule has 0 bridgehead atoms. The second-order valence-electron chi connectivity index (χ2n) is 2.68. The molecule has 0 unspecified atom stereocenters. The van der Waals surface area contributed by atoms with Crippen molar-refractivity contribution in [3.05, 3.63) is 28.3 Å². The third-order valence-electron chi connectivity index (χ3n) is 1.59. The molecule has 15 heavy (non-hydrogen) atoms. The van der Waals surface area contributed by atoms with Crippen LogP contribution in [-0.4, -0.2) is 16.1 Å². The summed E-state index contributed by atoms with van der Waals surface area (Å²) in [6.45, 7) is 0. The fourth-order valence-corrected chi connectivity index (χ4v) is 1.18. The molecular formula is C8H5ClF3NO2. The van der Waals surface area contributed by atoms with Crippen molar-refractivity contribution in [1.29, 1.82) is 0 Å². The number of aromatic nitrogens is 1. The Kier molecular flexibility index (Phi) is 3.52. The molecule has 0 aliphatic heterocycles. The molecule has 0 aliphatic carbocycles. The Labute approximate surface area is 87.5 Å². The highest BCUT2D eigenvalue weighted by Crippen LogP contribution is 2.25. The van der Waals surface area contributed by atoms with Crippen molar-refractivity contribution in [3.63, 3.8) is 0 Å². The molecule has 0 aromatic carbocycles. The number of rotatable bonds is 3. The minimum atomic E-state index is -3.04. The Hall–Kier alpha value is -1.30. The predicted octanol–water partition coefficient (Wildman–Crippen LogP) is 2.44. The standard InChI is InChI=1S/C8H5ClF3NO2/c9-4-1-3(2-5(14)15)6(7(10)11)13-8(4)12/h1,7H,2H2,(H,14,15). The maximum absolute atomic E-state index is 12.7. The fraction of sp³-hybridized carbons (Fsp3) is 0.250. The van der Waals surface area contributed by atoms with Crippen molar-refractivity contribution in [2.45, 2.75) is 12.8 Å². The topological polar surface area (TPSA) is 50.2 Å². The van der Waals surface area contributed by atoms with E-state index in [2.05, 4.69) is 4.98 Å². The van der Waals surface area contributed by atoms with Crippen molar-refractivity contribution in [3.8, 4) is 0 Å². The van der Waals surface area contributed by atoms with Gasteiger partial charge in [-0.3, -0.25) is 4.79 Å². The molecular weight excluding hydrogens is 235 g/mol. The zero-order valence-electron chi connectivity index (χ0n) is 7.18. The normalized spacial score (nSPS) is 10.7. The van der Waals surface area contributed by atoms with Gasteiger partial charge in [0.1, 0.15) is 5.69 Å². The molecule has 0 saturated heterocycles. The summed E-state index contributed by atoms with van der Waals surface area (Å²) in [5.41, 5.74) is -1.18. The van der Waals surface area contributed by atoms with Gasteiger partial charge in [0.2, 0.25) is 5.95 Å². The largest absolute Gasteiger partial charge is 0.481 e. The van der Waals surface area contributed by atoms with Gasteiger partial charge in [0.25, 0.3) is 6.43 Å². The number of carbonyl (C=O) groups is 1. The number of hydrogen-bond acceptors (Lipinski definition) is 2. The molecule has 1 heterocycles. The Bertz CT molecular complexity index is 398. The number of pyridine rings is 1. The number of halogens is 4. The molecule has 1 aromatic heterocycles. The summed E-state index contributed by atoms with van der Waals surface area (Å²) in [7, 11) is 0. The van der Waals surface area contributed by atoms with E-state index < -0.39 is 35.5 Å². The van der Waals surface area contributed by atoms with Gasteiger partial charge < -0.3 is 5.11 Å². The van der Waals surface area contributed by atoms with Gasteiger partial charge >= 0.3 is 5.97 Å². The van der Waals surface area contributed by atoms with Crippen molar-refractivity contribution in [2.24, 2.45) is 0 Å². The van der Waals surface area contributed by atoms with Crippen molar-refractivity contribution >= 4 is 17.6 Å². The monoisotopic (exact) mass is 239 g/mol. The molecule has 0 aliphatic rings. The van der Waals surface area contributed by atoms with Crippen LogP contribution >= 0.6 is 11.6 Å². The summed E-state index contributed by atoms with van der Waals surface area (Å²) in [5.74, 6) is -2.55. The SMILES string of the molecule is O=C(O)Cc1cc(Cl)c(F)nc1C(F)F. The van der Waals surface area contributed by atoms with Crippen LogP contribution in [0.5, 0.6) is 0 Å². The average molecular weight is 240 g/mol. The number of alkyl halides is 2. The summed E-state index contributed by atoms with van der Waals surface area (Å²) in [5, 5.41) is 7.95. The summed E-state index contributed by atoms with van der Waals surface area (Å²) in [4.78, 5) is 13.2. The first-order valence-electron chi connectivity index (χ1n) is 3.76. The number of aliphatic carboxylic acids is 1. The smallest absolute Gasteiger partial charge is 0.307 e. The maximum Gasteiger partial charge on any atom is 0.307 e. The molecule has 7 heteroatoms. The molecule has 1 rings (SSSR count). The van der Waals surface area contributed by atoms with E-state index in [1.165, 1.54) is 0 Å². The van der Waals surface area contributed by atoms with Crippen LogP contribution < -0.4 is 0 Å². The van der Waals surface area contributed by atoms with E-state index in [9.17, 15) is 18.0 Å². The Balaban J connectivity index is 3.21. The first-order valence-corrected chi connectivity index (χ1v) is 4.14. The van der Waals surface area contributed by atoms with Crippen LogP contribution in [0, 0.1) is 5.95 Å². The Morgan fingerprint density at radius 3 is 2.67 bits per heavy atom. The van der Waals surface area contributed by atoms with E-state index in [4.69, 9.17) is 16.7 Å². The highest BCUT2D eigenvalue weighted by Gasteiger charge is 2.19. The zero-order chi connectivity index (χ0) is 11.6. The van der Waals surface area contributed by atoms with E-state index >= 15 is 0 Å². The van der Waals surface area contributed by atoms with E-state index in [-0.39, 0.29) is 5.56 Å². The van der Waals surface area contributed by atoms with Gasteiger partial charge in [0, 0.05) is 0 Å². The molecule has 0 spiro atoms. The fourth-order valence-electron chi connectivity index (χ4n) is 1.01. The number of nitrogens with zero attached hydrogens (tertiary/aromatic N) is 1. The third kappa shape index (κ3) is 2.82. The molecule has 1 N–H and O–H groups in total. The summed E-state index contributed by atoms with van der Waals surface area (Å²) < 4.78 is 37.4. The van der Waals surface area contributed by atoms with E-state index in [1.54, 1.807) is 0 Å². The van der Waals surface area contributed by atoms with Gasteiger partial charge in [-0.1, -0.05) is 11.6 Å². The average Bonchev–Trinajstić information content (AvgIpc) is 2.09. The van der Waals surface area contributed by atoms with Crippen LogP contribution in [0.15, 0.2) is 6.07 Å². The highest BCUT2D eigenvalue weighted by molar-refractivity contribution is 6.30. The maximum atomic E-state index is 12.7. The Morgan fingerprint density at radius 1 is 1.60 bits per heavy atom. The van der Waals surface area contributed by atoms with E-state index in [0.717, 1.165) is 6.07 Å². The lowest BCUT2D eigenvalue weighted by molar-refractivity contribution is -0.136. The molecule has 0 fully saturated rings. The summed E-state index contributed by atoms with van der Waals surface area (Å²) in [6, 6.07) is 0.847. The van der Waals surface area contributed by atoms with Gasteiger partial charge in [-0.25, -0.2) is 13.8 Å². The van der Waals surface area contributed by atoms with Crippen LogP contribution in [0.4, 0.5) is 13.2 Å². The number of carboxylic acid groups (broad SMARTS) is 1. The predicted molar refractivity (Wildman–Crippen MR) is 45.5 cm³/mol. The van der Waals surface area contributed by atoms with Gasteiger partial charge in [-0.2, -0.15) is 4.39 Å². The molecule has 1 aromatic rings. The number of hydrogen-bond donors (Lipinski definition) is 1. The first-order chi connectivity index (χ1) is 6.91. The van der Waals surface area contributed by atoms with Crippen LogP contribution in [-0.2, 0) is 11.2 Å². The van der Waals surface area contributed by atoms with Crippen molar-refractivity contribution in [2.75, 3.05) is 0 Å². The minimum absolute atomic E-state index is 0.288. The van der Waals surface area contributed by atoms with Crippen molar-refractivity contribution < 1.29 is 23.1 Å². The van der Waals surface area contributed by atoms with Gasteiger partial charge in [-0.15, -0.1) is 0 Å². The minimum Gasteiger partial charge on any atom is -0.481 e. The zero-order valence-corrected chi connectivity index (χ0v) is 7.93. The molecule has 0 atom stereocenters. The Morgan fingerprint density at radius 2 is 2.20 bits per heavy atom. The van der Waals surface area contributed by atoms with Crippen LogP contribution in [0.3, 0.4) is 0 Å². The summed E-state index contributed by atoms with van der Waals surface area (Å²) in [6.07, 6.45) is -3.71. The summed E-state index contributed by atoms with van der Waals surface area (Å²) >= 11 is 5.30. The number of carboxylic acids is 1. The van der Waals surface area contributed by atoms with Gasteiger partial charge in [0.05, 0.1) is 11.4 Å². The van der Waals surface area contributed by atoms with Crippen LogP contribution in [0.2, 0.25) is 5.02 Å². The van der Waals surface area contributed by atoms with E-state index in [1.807, 2.05) is 0 Å². The molecule has 3 nitrogen and oxygen atoms in total. The second-order valence-corrected chi connectivity index (χ2v) is 3.08. The van der Waals surface area contributed by atoms with E-state index in [0.29, 0.717) is 0 Å². The lowest BCUT2D eigenvalue weighted by atomic mass is 10.1. The molecule has 0 radical (unpaired) electrons. The molecule has 0 amide bonds. The lowest BCUT2D eigenvalue weighted by Gasteiger charge is -2.06. The molecule has 82 valence electrons. The van der Waals surface area contributed by atoms with Gasteiger partial charge in [0.15, 0.2) is 0 Å². The van der Waals surface area contributed by atoms with Crippen LogP contribution in [0.25, 0.3) is 0 Å². The van der Waals surface area contributed by atoms with Crippen LogP contribution in [0.1, 0.15) is 17.7 Å². The molecule has 0 saturated carbocycles. The lowest BCUT2D eigenvalue weighted by Crippen LogP contribution is -2.07. The quantitative estimate of drug-likeness (QED) is 0.824. The second kappa shape index (κ2) is 4.48. The third-order valence-corrected chi connectivity index (χ3v) is 1.86. The highest BCUT2D eigenvalue weighted by atomic mass is 35.5.